The molecule has 0 aliphatic carbocycles. The van der Waals surface area contributed by atoms with E-state index in [4.69, 9.17) is 33.6 Å². The summed E-state index contributed by atoms with van der Waals surface area (Å²) in [4.78, 5) is 0. The van der Waals surface area contributed by atoms with Gasteiger partial charge in [-0.25, -0.2) is 0 Å². The highest BCUT2D eigenvalue weighted by Gasteiger charge is 2.03. The first kappa shape index (κ1) is 10.8. The van der Waals surface area contributed by atoms with E-state index in [9.17, 15) is 0 Å². The SMILES string of the molecule is O/N=C(\Cl)c1ccc(/C(Cl)=N/O)cc1. The Morgan fingerprint density at radius 1 is 0.857 bits per heavy atom. The Morgan fingerprint density at radius 2 is 1.14 bits per heavy atom. The number of hydrogen-bond acceptors (Lipinski definition) is 4. The lowest BCUT2D eigenvalue weighted by Crippen LogP contribution is -1.94. The summed E-state index contributed by atoms with van der Waals surface area (Å²) in [6.07, 6.45) is 0. The summed E-state index contributed by atoms with van der Waals surface area (Å²) < 4.78 is 0. The minimum atomic E-state index is -0.0198. The molecular formula is C8H6Cl2N2O2. The number of benzene rings is 1. The van der Waals surface area contributed by atoms with Gasteiger partial charge in [0, 0.05) is 11.1 Å². The predicted octanol–water partition coefficient (Wildman–Crippen LogP) is 2.44. The molecule has 1 aromatic carbocycles. The zero-order valence-corrected chi connectivity index (χ0v) is 8.37. The predicted molar refractivity (Wildman–Crippen MR) is 54.8 cm³/mol. The van der Waals surface area contributed by atoms with Crippen LogP contribution in [0.3, 0.4) is 0 Å². The van der Waals surface area contributed by atoms with Gasteiger partial charge in [0.15, 0.2) is 10.3 Å². The van der Waals surface area contributed by atoms with Crippen LogP contribution in [-0.2, 0) is 0 Å². The fourth-order valence-corrected chi connectivity index (χ4v) is 1.11. The molecule has 0 atom stereocenters. The maximum absolute atomic E-state index is 8.38. The number of rotatable bonds is 2. The largest absolute Gasteiger partial charge is 0.410 e. The highest BCUT2D eigenvalue weighted by atomic mass is 35.5. The third-order valence-corrected chi connectivity index (χ3v) is 2.12. The molecule has 0 spiro atoms. The van der Waals surface area contributed by atoms with Crippen molar-refractivity contribution in [2.24, 2.45) is 10.3 Å². The molecule has 0 bridgehead atoms. The van der Waals surface area contributed by atoms with E-state index in [2.05, 4.69) is 10.3 Å². The molecule has 1 rings (SSSR count). The third kappa shape index (κ3) is 2.37. The molecule has 2 N–H and O–H groups in total. The molecule has 0 radical (unpaired) electrons. The second kappa shape index (κ2) is 4.83. The molecule has 6 heteroatoms. The first-order valence-corrected chi connectivity index (χ1v) is 4.30. The molecule has 74 valence electrons. The number of hydrogen-bond donors (Lipinski definition) is 2. The van der Waals surface area contributed by atoms with Gasteiger partial charge in [0.05, 0.1) is 0 Å². The molecule has 0 aromatic heterocycles. The van der Waals surface area contributed by atoms with Crippen molar-refractivity contribution in [1.29, 1.82) is 0 Å². The van der Waals surface area contributed by atoms with Crippen molar-refractivity contribution in [3.05, 3.63) is 35.4 Å². The van der Waals surface area contributed by atoms with Gasteiger partial charge in [-0.1, -0.05) is 57.8 Å². The average molecular weight is 233 g/mol. The summed E-state index contributed by atoms with van der Waals surface area (Å²) in [6.45, 7) is 0. The second-order valence-corrected chi connectivity index (χ2v) is 3.07. The van der Waals surface area contributed by atoms with Crippen molar-refractivity contribution in [2.75, 3.05) is 0 Å². The van der Waals surface area contributed by atoms with E-state index in [1.807, 2.05) is 0 Å². The van der Waals surface area contributed by atoms with Gasteiger partial charge in [0.25, 0.3) is 0 Å². The van der Waals surface area contributed by atoms with Gasteiger partial charge in [-0.15, -0.1) is 0 Å². The molecule has 1 aromatic rings. The molecule has 0 saturated carbocycles. The Morgan fingerprint density at radius 3 is 1.36 bits per heavy atom. The van der Waals surface area contributed by atoms with Crippen LogP contribution in [0.1, 0.15) is 11.1 Å². The van der Waals surface area contributed by atoms with Gasteiger partial charge in [0.2, 0.25) is 0 Å². The molecule has 0 saturated heterocycles. The van der Waals surface area contributed by atoms with E-state index < -0.39 is 0 Å². The van der Waals surface area contributed by atoms with Crippen LogP contribution in [0.5, 0.6) is 0 Å². The van der Waals surface area contributed by atoms with Crippen molar-refractivity contribution in [3.8, 4) is 0 Å². The number of nitrogens with zero attached hydrogens (tertiary/aromatic N) is 2. The van der Waals surface area contributed by atoms with Crippen LogP contribution in [0.4, 0.5) is 0 Å². The molecular weight excluding hydrogens is 227 g/mol. The highest BCUT2D eigenvalue weighted by molar-refractivity contribution is 6.70. The highest BCUT2D eigenvalue weighted by Crippen LogP contribution is 2.10. The summed E-state index contributed by atoms with van der Waals surface area (Å²) in [6, 6.07) is 6.35. The zero-order valence-electron chi connectivity index (χ0n) is 6.85. The summed E-state index contributed by atoms with van der Waals surface area (Å²) in [5.41, 5.74) is 1.08. The zero-order chi connectivity index (χ0) is 10.6. The smallest absolute Gasteiger partial charge is 0.175 e. The summed E-state index contributed by atoms with van der Waals surface area (Å²) in [7, 11) is 0. The molecule has 0 aliphatic rings. The number of halogens is 2. The lowest BCUT2D eigenvalue weighted by atomic mass is 10.1. The van der Waals surface area contributed by atoms with Gasteiger partial charge >= 0.3 is 0 Å². The van der Waals surface area contributed by atoms with Crippen molar-refractivity contribution >= 4 is 33.5 Å². The second-order valence-electron chi connectivity index (χ2n) is 2.36. The van der Waals surface area contributed by atoms with Crippen LogP contribution in [-0.4, -0.2) is 20.8 Å². The average Bonchev–Trinajstić information content (AvgIpc) is 2.27. The standard InChI is InChI=1S/C8H6Cl2N2O2/c9-7(11-13)5-1-2-6(4-3-5)8(10)12-14/h1-4,13-14H/b11-7-,12-8-. The lowest BCUT2D eigenvalue weighted by Gasteiger charge is -1.98. The topological polar surface area (TPSA) is 65.2 Å². The summed E-state index contributed by atoms with van der Waals surface area (Å²) >= 11 is 11.1. The van der Waals surface area contributed by atoms with E-state index in [-0.39, 0.29) is 10.3 Å². The van der Waals surface area contributed by atoms with Gasteiger partial charge in [0.1, 0.15) is 0 Å². The van der Waals surface area contributed by atoms with Gasteiger partial charge in [-0.05, 0) is 0 Å². The Hall–Kier alpha value is -1.26. The minimum absolute atomic E-state index is 0.0198. The normalized spacial score (nSPS) is 13.0. The van der Waals surface area contributed by atoms with Crippen LogP contribution >= 0.6 is 23.2 Å². The molecule has 0 heterocycles. The van der Waals surface area contributed by atoms with Crippen LogP contribution in [0, 0.1) is 0 Å². The molecule has 0 fully saturated rings. The first-order chi connectivity index (χ1) is 6.69. The Balaban J connectivity index is 3.01. The van der Waals surface area contributed by atoms with Crippen molar-refractivity contribution < 1.29 is 10.4 Å². The maximum atomic E-state index is 8.38. The Kier molecular flexibility index (Phi) is 3.73. The minimum Gasteiger partial charge on any atom is -0.410 e. The van der Waals surface area contributed by atoms with Crippen molar-refractivity contribution in [2.45, 2.75) is 0 Å². The van der Waals surface area contributed by atoms with Crippen LogP contribution in [0.25, 0.3) is 0 Å². The molecule has 0 aliphatic heterocycles. The summed E-state index contributed by atoms with van der Waals surface area (Å²) in [5.74, 6) is 0. The Labute approximate surface area is 90.1 Å². The van der Waals surface area contributed by atoms with E-state index in [1.165, 1.54) is 0 Å². The molecule has 0 amide bonds. The first-order valence-electron chi connectivity index (χ1n) is 3.55. The van der Waals surface area contributed by atoms with Gasteiger partial charge in [-0.3, -0.25) is 0 Å². The molecule has 0 unspecified atom stereocenters. The quantitative estimate of drug-likeness (QED) is 0.468. The fraction of sp³-hybridized carbons (Fsp3) is 0. The summed E-state index contributed by atoms with van der Waals surface area (Å²) in [5, 5.41) is 22.4. The van der Waals surface area contributed by atoms with Crippen LogP contribution in [0.15, 0.2) is 34.6 Å². The fourth-order valence-electron chi connectivity index (χ4n) is 0.861. The number of oxime groups is 2. The van der Waals surface area contributed by atoms with Crippen LogP contribution < -0.4 is 0 Å². The van der Waals surface area contributed by atoms with E-state index in [0.29, 0.717) is 11.1 Å². The van der Waals surface area contributed by atoms with Crippen molar-refractivity contribution in [3.63, 3.8) is 0 Å². The van der Waals surface area contributed by atoms with E-state index >= 15 is 0 Å². The maximum Gasteiger partial charge on any atom is 0.175 e. The Bertz CT molecular complexity index is 336. The lowest BCUT2D eigenvalue weighted by molar-refractivity contribution is 0.320. The van der Waals surface area contributed by atoms with Crippen molar-refractivity contribution in [1.82, 2.24) is 0 Å². The van der Waals surface area contributed by atoms with Gasteiger partial charge in [-0.2, -0.15) is 0 Å². The van der Waals surface area contributed by atoms with Gasteiger partial charge < -0.3 is 10.4 Å². The van der Waals surface area contributed by atoms with E-state index in [1.54, 1.807) is 24.3 Å². The molecule has 4 nitrogen and oxygen atoms in total. The van der Waals surface area contributed by atoms with Crippen LogP contribution in [0.2, 0.25) is 0 Å². The van der Waals surface area contributed by atoms with E-state index in [0.717, 1.165) is 0 Å². The molecule has 14 heavy (non-hydrogen) atoms. The monoisotopic (exact) mass is 232 g/mol. The third-order valence-electron chi connectivity index (χ3n) is 1.54.